The molecule has 0 amide bonds. The van der Waals surface area contributed by atoms with Gasteiger partial charge in [-0.25, -0.2) is 0 Å². The molecular formula is C48H35NS. The first kappa shape index (κ1) is 30.1. The molecule has 0 saturated carbocycles. The van der Waals surface area contributed by atoms with Crippen LogP contribution in [0.3, 0.4) is 0 Å². The second-order valence-electron chi connectivity index (χ2n) is 13.1. The van der Waals surface area contributed by atoms with Crippen LogP contribution in [-0.4, -0.2) is 0 Å². The zero-order valence-corrected chi connectivity index (χ0v) is 28.4. The maximum atomic E-state index is 6.63. The molecule has 8 aromatic carbocycles. The molecular weight excluding hydrogens is 623 g/mol. The van der Waals surface area contributed by atoms with E-state index in [0.29, 0.717) is 0 Å². The number of nitrogens with two attached hydrogens (primary N) is 1. The van der Waals surface area contributed by atoms with Gasteiger partial charge in [0.1, 0.15) is 0 Å². The smallest absolute Gasteiger partial charge is 0.0400 e. The van der Waals surface area contributed by atoms with Crippen LogP contribution in [0.1, 0.15) is 22.6 Å². The summed E-state index contributed by atoms with van der Waals surface area (Å²) in [5.41, 5.74) is 18.6. The Labute approximate surface area is 296 Å². The van der Waals surface area contributed by atoms with E-state index in [2.05, 4.69) is 182 Å². The van der Waals surface area contributed by atoms with Gasteiger partial charge in [0.15, 0.2) is 0 Å². The molecule has 0 aliphatic carbocycles. The van der Waals surface area contributed by atoms with Gasteiger partial charge in [-0.2, -0.15) is 0 Å². The maximum absolute atomic E-state index is 6.63. The minimum Gasteiger partial charge on any atom is -0.398 e. The fourth-order valence-electron chi connectivity index (χ4n) is 7.53. The topological polar surface area (TPSA) is 26.0 Å². The van der Waals surface area contributed by atoms with E-state index in [4.69, 9.17) is 5.73 Å². The third-order valence-corrected chi connectivity index (χ3v) is 11.2. The average Bonchev–Trinajstić information content (AvgIpc) is 3.56. The summed E-state index contributed by atoms with van der Waals surface area (Å²) >= 11 is 1.87. The molecule has 1 heterocycles. The molecule has 2 N–H and O–H groups in total. The van der Waals surface area contributed by atoms with Gasteiger partial charge in [-0.05, 0) is 86.1 Å². The van der Waals surface area contributed by atoms with Crippen molar-refractivity contribution in [3.63, 3.8) is 0 Å². The summed E-state index contributed by atoms with van der Waals surface area (Å²) in [7, 11) is 0. The molecule has 1 aromatic heterocycles. The third-order valence-electron chi connectivity index (χ3n) is 10.1. The van der Waals surface area contributed by atoms with Crippen LogP contribution < -0.4 is 5.73 Å². The van der Waals surface area contributed by atoms with E-state index in [1.165, 1.54) is 70.1 Å². The van der Waals surface area contributed by atoms with E-state index >= 15 is 0 Å². The lowest BCUT2D eigenvalue weighted by molar-refractivity contribution is 0.807. The fraction of sp³-hybridized carbons (Fsp3) is 0.0417. The zero-order valence-electron chi connectivity index (χ0n) is 27.6. The number of rotatable bonds is 7. The second-order valence-corrected chi connectivity index (χ2v) is 14.2. The number of anilines is 1. The van der Waals surface area contributed by atoms with Crippen molar-refractivity contribution in [1.82, 2.24) is 0 Å². The number of thiophene rings is 1. The predicted molar refractivity (Wildman–Crippen MR) is 216 cm³/mol. The Morgan fingerprint density at radius 2 is 1.02 bits per heavy atom. The molecule has 238 valence electrons. The molecule has 0 aliphatic heterocycles. The number of fused-ring (bicyclic) bond motifs is 4. The van der Waals surface area contributed by atoms with E-state index < -0.39 is 0 Å². The molecule has 0 fully saturated rings. The first-order valence-corrected chi connectivity index (χ1v) is 18.0. The van der Waals surface area contributed by atoms with Crippen molar-refractivity contribution in [3.8, 4) is 33.4 Å². The van der Waals surface area contributed by atoms with Crippen LogP contribution in [0.15, 0.2) is 182 Å². The van der Waals surface area contributed by atoms with Gasteiger partial charge in [-0.1, -0.05) is 158 Å². The maximum Gasteiger partial charge on any atom is 0.0400 e. The van der Waals surface area contributed by atoms with Gasteiger partial charge in [0.25, 0.3) is 0 Å². The van der Waals surface area contributed by atoms with Crippen LogP contribution in [0, 0.1) is 0 Å². The van der Waals surface area contributed by atoms with Crippen molar-refractivity contribution in [1.29, 1.82) is 0 Å². The molecule has 1 atom stereocenters. The Balaban J connectivity index is 1.09. The van der Waals surface area contributed by atoms with Crippen LogP contribution in [0.4, 0.5) is 5.69 Å². The van der Waals surface area contributed by atoms with Crippen LogP contribution in [0.2, 0.25) is 0 Å². The Morgan fingerprint density at radius 3 is 1.80 bits per heavy atom. The van der Waals surface area contributed by atoms with Crippen molar-refractivity contribution in [2.75, 3.05) is 5.73 Å². The summed E-state index contributed by atoms with van der Waals surface area (Å²) in [4.78, 5) is 0. The Hall–Kier alpha value is -5.96. The van der Waals surface area contributed by atoms with E-state index in [0.717, 1.165) is 23.1 Å². The first-order valence-electron chi connectivity index (χ1n) is 17.2. The van der Waals surface area contributed by atoms with Gasteiger partial charge in [0.05, 0.1) is 0 Å². The molecule has 9 aromatic rings. The normalized spacial score (nSPS) is 12.1. The Morgan fingerprint density at radius 1 is 0.420 bits per heavy atom. The van der Waals surface area contributed by atoms with Crippen LogP contribution >= 0.6 is 11.3 Å². The number of hydrogen-bond acceptors (Lipinski definition) is 2. The molecule has 0 saturated heterocycles. The molecule has 0 unspecified atom stereocenters. The molecule has 9 rings (SSSR count). The summed E-state index contributed by atoms with van der Waals surface area (Å²) in [5, 5.41) is 4.96. The fourth-order valence-corrected chi connectivity index (χ4v) is 8.61. The first-order chi connectivity index (χ1) is 24.7. The van der Waals surface area contributed by atoms with Crippen molar-refractivity contribution in [2.45, 2.75) is 12.3 Å². The minimum atomic E-state index is 0.208. The Kier molecular flexibility index (Phi) is 7.72. The molecule has 1 nitrogen and oxygen atoms in total. The lowest BCUT2D eigenvalue weighted by Crippen LogP contribution is -2.05. The largest absolute Gasteiger partial charge is 0.398 e. The molecule has 50 heavy (non-hydrogen) atoms. The number of nitrogen functional groups attached to an aromatic ring is 1. The summed E-state index contributed by atoms with van der Waals surface area (Å²) in [5.74, 6) is 0.208. The van der Waals surface area contributed by atoms with Crippen molar-refractivity contribution in [3.05, 3.63) is 199 Å². The zero-order chi connectivity index (χ0) is 33.4. The highest BCUT2D eigenvalue weighted by Gasteiger charge is 2.18. The highest BCUT2D eigenvalue weighted by molar-refractivity contribution is 7.25. The van der Waals surface area contributed by atoms with Crippen LogP contribution in [0.25, 0.3) is 64.3 Å². The summed E-state index contributed by atoms with van der Waals surface area (Å²) in [6, 6.07) is 66.1. The molecule has 2 heteroatoms. The van der Waals surface area contributed by atoms with E-state index in [9.17, 15) is 0 Å². The standard InChI is InChI=1S/C48H35NS/c49-45-28-27-39(42-16-9-15-40(48(42)45)35-12-5-2-6-13-35)36-20-18-32(19-21-36)30-43(37-24-22-34(23-25-37)33-10-3-1-4-11-33)38-26-29-47-44(31-38)41-14-7-8-17-46(41)50-47/h1-29,31,43H,30,49H2/t43-/m0/s1. The van der Waals surface area contributed by atoms with Crippen molar-refractivity contribution in [2.24, 2.45) is 0 Å². The molecule has 0 radical (unpaired) electrons. The van der Waals surface area contributed by atoms with Gasteiger partial charge in [0, 0.05) is 37.2 Å². The lowest BCUT2D eigenvalue weighted by Gasteiger charge is -2.20. The quantitative estimate of drug-likeness (QED) is 0.170. The van der Waals surface area contributed by atoms with Gasteiger partial charge in [-0.3, -0.25) is 0 Å². The highest BCUT2D eigenvalue weighted by atomic mass is 32.1. The SMILES string of the molecule is Nc1ccc(-c2ccc(C[C@@H](c3ccc(-c4ccccc4)cc3)c3ccc4sc5ccccc5c4c3)cc2)c2cccc(-c3ccccc3)c12. The third kappa shape index (κ3) is 5.54. The lowest BCUT2D eigenvalue weighted by atomic mass is 9.84. The minimum absolute atomic E-state index is 0.208. The molecule has 0 spiro atoms. The summed E-state index contributed by atoms with van der Waals surface area (Å²) in [6.45, 7) is 0. The second kappa shape index (κ2) is 12.8. The van der Waals surface area contributed by atoms with Crippen molar-refractivity contribution >= 4 is 48.0 Å². The van der Waals surface area contributed by atoms with E-state index in [-0.39, 0.29) is 5.92 Å². The molecule has 0 bridgehead atoms. The number of benzene rings is 8. The van der Waals surface area contributed by atoms with Gasteiger partial charge < -0.3 is 5.73 Å². The summed E-state index contributed by atoms with van der Waals surface area (Å²) in [6.07, 6.45) is 0.902. The average molecular weight is 658 g/mol. The number of hydrogen-bond donors (Lipinski definition) is 1. The predicted octanol–water partition coefficient (Wildman–Crippen LogP) is 13.2. The van der Waals surface area contributed by atoms with Crippen LogP contribution in [-0.2, 0) is 6.42 Å². The van der Waals surface area contributed by atoms with Gasteiger partial charge in [0.2, 0.25) is 0 Å². The highest BCUT2D eigenvalue weighted by Crippen LogP contribution is 2.40. The van der Waals surface area contributed by atoms with E-state index in [1.54, 1.807) is 0 Å². The molecule has 0 aliphatic rings. The Bertz CT molecular complexity index is 2600. The van der Waals surface area contributed by atoms with Gasteiger partial charge >= 0.3 is 0 Å². The summed E-state index contributed by atoms with van der Waals surface area (Å²) < 4.78 is 2.67. The van der Waals surface area contributed by atoms with Crippen LogP contribution in [0.5, 0.6) is 0 Å². The van der Waals surface area contributed by atoms with Crippen molar-refractivity contribution < 1.29 is 0 Å². The van der Waals surface area contributed by atoms with E-state index in [1.807, 2.05) is 11.3 Å². The van der Waals surface area contributed by atoms with Gasteiger partial charge in [-0.15, -0.1) is 11.3 Å². The monoisotopic (exact) mass is 657 g/mol.